The van der Waals surface area contributed by atoms with E-state index in [9.17, 15) is 4.79 Å². The van der Waals surface area contributed by atoms with Crippen LogP contribution >= 0.6 is 12.2 Å². The number of furan rings is 1. The normalized spacial score (nSPS) is 12.1. The molecule has 0 aliphatic rings. The molecule has 0 aromatic carbocycles. The van der Waals surface area contributed by atoms with Crippen molar-refractivity contribution in [1.82, 2.24) is 5.32 Å². The van der Waals surface area contributed by atoms with Gasteiger partial charge < -0.3 is 15.5 Å². The number of rotatable bonds is 6. The minimum atomic E-state index is -0.322. The molecule has 1 aromatic heterocycles. The predicted octanol–water partition coefficient (Wildman–Crippen LogP) is 1.41. The number of nitrogens with two attached hydrogens (primary N) is 1. The van der Waals surface area contributed by atoms with Crippen LogP contribution < -0.4 is 11.1 Å². The Bertz CT molecular complexity index is 349. The van der Waals surface area contributed by atoms with Gasteiger partial charge in [0.1, 0.15) is 5.76 Å². The molecule has 5 heteroatoms. The molecule has 1 aromatic rings. The Morgan fingerprint density at radius 3 is 3.06 bits per heavy atom. The summed E-state index contributed by atoms with van der Waals surface area (Å²) in [5.41, 5.74) is 5.08. The van der Waals surface area contributed by atoms with Gasteiger partial charge in [-0.15, -0.1) is 0 Å². The molecule has 0 spiro atoms. The van der Waals surface area contributed by atoms with Crippen molar-refractivity contribution in [2.75, 3.05) is 0 Å². The number of primary amides is 1. The lowest BCUT2D eigenvalue weighted by Gasteiger charge is -2.10. The summed E-state index contributed by atoms with van der Waals surface area (Å²) in [5.74, 6) is 0.546. The highest BCUT2D eigenvalue weighted by Gasteiger charge is 2.09. The van der Waals surface area contributed by atoms with Crippen LogP contribution in [0.4, 0.5) is 0 Å². The van der Waals surface area contributed by atoms with E-state index in [-0.39, 0.29) is 11.8 Å². The largest absolute Gasteiger partial charge is 0.467 e. The number of hydrogen-bond acceptors (Lipinski definition) is 3. The zero-order valence-electron chi connectivity index (χ0n) is 9.10. The molecule has 0 unspecified atom stereocenters. The lowest BCUT2D eigenvalue weighted by atomic mass is 10.0. The molecule has 1 atom stereocenters. The van der Waals surface area contributed by atoms with Crippen LogP contribution in [0.25, 0.3) is 0 Å². The van der Waals surface area contributed by atoms with Crippen molar-refractivity contribution in [2.45, 2.75) is 19.9 Å². The summed E-state index contributed by atoms with van der Waals surface area (Å²) >= 11 is 5.10. The first-order valence-corrected chi connectivity index (χ1v) is 5.42. The van der Waals surface area contributed by atoms with Crippen LogP contribution in [0.1, 0.15) is 19.1 Å². The molecule has 0 fully saturated rings. The van der Waals surface area contributed by atoms with Crippen LogP contribution in [0.15, 0.2) is 22.8 Å². The Balaban J connectivity index is 2.23. The maximum Gasteiger partial charge on any atom is 0.217 e. The van der Waals surface area contributed by atoms with Crippen molar-refractivity contribution in [2.24, 2.45) is 11.7 Å². The smallest absolute Gasteiger partial charge is 0.217 e. The second-order valence-electron chi connectivity index (χ2n) is 3.61. The summed E-state index contributed by atoms with van der Waals surface area (Å²) in [7, 11) is 0. The Labute approximate surface area is 100 Å². The maximum absolute atomic E-state index is 10.7. The van der Waals surface area contributed by atoms with E-state index in [0.717, 1.165) is 5.76 Å². The van der Waals surface area contributed by atoms with Gasteiger partial charge in [-0.1, -0.05) is 19.1 Å². The van der Waals surface area contributed by atoms with Crippen LogP contribution in [0.5, 0.6) is 0 Å². The summed E-state index contributed by atoms with van der Waals surface area (Å²) in [4.78, 5) is 11.3. The molecule has 3 N–H and O–H groups in total. The molecular formula is C11H15N2O2S. The highest BCUT2D eigenvalue weighted by atomic mass is 32.1. The zero-order chi connectivity index (χ0) is 12.0. The number of thiocarbonyl (C=S) groups is 1. The summed E-state index contributed by atoms with van der Waals surface area (Å²) in [6.45, 7) is 2.44. The van der Waals surface area contributed by atoms with E-state index in [1.54, 1.807) is 6.26 Å². The Hall–Kier alpha value is -1.36. The molecule has 0 saturated carbocycles. The SMILES string of the molecule is C[C@@H]([CH]C(=S)NCc1ccco1)CC(N)=O. The van der Waals surface area contributed by atoms with Crippen LogP contribution in [0.2, 0.25) is 0 Å². The summed E-state index contributed by atoms with van der Waals surface area (Å²) in [5, 5.41) is 3.02. The number of amides is 1. The fourth-order valence-corrected chi connectivity index (χ4v) is 1.59. The quantitative estimate of drug-likeness (QED) is 0.737. The average molecular weight is 239 g/mol. The third-order valence-electron chi connectivity index (χ3n) is 1.98. The van der Waals surface area contributed by atoms with Crippen LogP contribution in [0, 0.1) is 12.3 Å². The van der Waals surface area contributed by atoms with Crippen molar-refractivity contribution in [3.63, 3.8) is 0 Å². The van der Waals surface area contributed by atoms with Crippen LogP contribution in [-0.2, 0) is 11.3 Å². The molecular weight excluding hydrogens is 224 g/mol. The molecule has 1 heterocycles. The monoisotopic (exact) mass is 239 g/mol. The second-order valence-corrected chi connectivity index (χ2v) is 4.05. The van der Waals surface area contributed by atoms with Crippen molar-refractivity contribution in [3.8, 4) is 0 Å². The summed E-state index contributed by atoms with van der Waals surface area (Å²) in [6, 6.07) is 3.68. The van der Waals surface area contributed by atoms with Gasteiger partial charge in [0, 0.05) is 12.8 Å². The van der Waals surface area contributed by atoms with Gasteiger partial charge >= 0.3 is 0 Å². The number of nitrogens with one attached hydrogen (secondary N) is 1. The highest BCUT2D eigenvalue weighted by Crippen LogP contribution is 2.06. The van der Waals surface area contributed by atoms with Crippen molar-refractivity contribution in [3.05, 3.63) is 30.6 Å². The molecule has 0 bridgehead atoms. The third kappa shape index (κ3) is 4.93. The fraction of sp³-hybridized carbons (Fsp3) is 0.364. The first-order valence-electron chi connectivity index (χ1n) is 5.01. The van der Waals surface area contributed by atoms with Gasteiger partial charge in [-0.25, -0.2) is 0 Å². The lowest BCUT2D eigenvalue weighted by molar-refractivity contribution is -0.118. The molecule has 1 amide bonds. The first-order chi connectivity index (χ1) is 7.58. The summed E-state index contributed by atoms with van der Waals surface area (Å²) < 4.78 is 5.14. The Morgan fingerprint density at radius 1 is 1.75 bits per heavy atom. The van der Waals surface area contributed by atoms with Crippen molar-refractivity contribution >= 4 is 23.1 Å². The first kappa shape index (κ1) is 12.7. The fourth-order valence-electron chi connectivity index (χ4n) is 1.28. The molecule has 87 valence electrons. The molecule has 0 aliphatic carbocycles. The van der Waals surface area contributed by atoms with E-state index < -0.39 is 0 Å². The van der Waals surface area contributed by atoms with Crippen molar-refractivity contribution < 1.29 is 9.21 Å². The van der Waals surface area contributed by atoms with Gasteiger partial charge in [0.2, 0.25) is 5.91 Å². The standard InChI is InChI=1S/C11H15N2O2S/c1-8(5-10(12)14)6-11(16)13-7-9-3-2-4-15-9/h2-4,6,8H,5,7H2,1H3,(H2,12,14)(H,13,16)/t8-/m1/s1. The van der Waals surface area contributed by atoms with Gasteiger partial charge in [0.05, 0.1) is 17.8 Å². The second kappa shape index (κ2) is 6.27. The molecule has 4 nitrogen and oxygen atoms in total. The van der Waals surface area contributed by atoms with E-state index in [1.165, 1.54) is 0 Å². The molecule has 0 aliphatic heterocycles. The van der Waals surface area contributed by atoms with Gasteiger partial charge in [-0.3, -0.25) is 4.79 Å². The van der Waals surface area contributed by atoms with Gasteiger partial charge in [-0.2, -0.15) is 0 Å². The number of hydrogen-bond donors (Lipinski definition) is 2. The number of carbonyl (C=O) groups excluding carboxylic acids is 1. The van der Waals surface area contributed by atoms with E-state index in [0.29, 0.717) is 18.0 Å². The third-order valence-corrected chi connectivity index (χ3v) is 2.26. The van der Waals surface area contributed by atoms with Crippen molar-refractivity contribution in [1.29, 1.82) is 0 Å². The van der Waals surface area contributed by atoms with Gasteiger partial charge in [0.15, 0.2) is 0 Å². The minimum absolute atomic E-state index is 0.0501. The predicted molar refractivity (Wildman–Crippen MR) is 65.4 cm³/mol. The molecule has 16 heavy (non-hydrogen) atoms. The zero-order valence-corrected chi connectivity index (χ0v) is 9.92. The topological polar surface area (TPSA) is 68.3 Å². The Morgan fingerprint density at radius 2 is 2.50 bits per heavy atom. The van der Waals surface area contributed by atoms with E-state index in [4.69, 9.17) is 22.4 Å². The van der Waals surface area contributed by atoms with E-state index in [2.05, 4.69) is 5.32 Å². The average Bonchev–Trinajstić information content (AvgIpc) is 2.65. The van der Waals surface area contributed by atoms with Gasteiger partial charge in [0.25, 0.3) is 0 Å². The van der Waals surface area contributed by atoms with E-state index in [1.807, 2.05) is 25.5 Å². The number of carbonyl (C=O) groups is 1. The van der Waals surface area contributed by atoms with E-state index >= 15 is 0 Å². The summed E-state index contributed by atoms with van der Waals surface area (Å²) in [6.07, 6.45) is 3.73. The Kier molecular flexibility index (Phi) is 4.98. The molecule has 1 radical (unpaired) electrons. The van der Waals surface area contributed by atoms with Gasteiger partial charge in [-0.05, 0) is 18.1 Å². The lowest BCUT2D eigenvalue weighted by Crippen LogP contribution is -2.25. The molecule has 1 rings (SSSR count). The minimum Gasteiger partial charge on any atom is -0.467 e. The van der Waals surface area contributed by atoms with Crippen LogP contribution in [0.3, 0.4) is 0 Å². The van der Waals surface area contributed by atoms with Crippen LogP contribution in [-0.4, -0.2) is 10.9 Å². The molecule has 0 saturated heterocycles. The highest BCUT2D eigenvalue weighted by molar-refractivity contribution is 7.80. The maximum atomic E-state index is 10.7.